The van der Waals surface area contributed by atoms with Crippen LogP contribution in [-0.4, -0.2) is 44.5 Å². The van der Waals surface area contributed by atoms with E-state index < -0.39 is 6.10 Å². The number of benzene rings is 3. The number of aromatic nitrogens is 3. The van der Waals surface area contributed by atoms with Crippen LogP contribution in [-0.2, 0) is 17.8 Å². The standard InChI is InChI=1S/C27H24N4O3S/c32-25(30-15-14-19-8-4-5-9-20(19)16-30)18-35-27-29-28-26(31(27)21-10-2-1-3-11-21)24-17-33-22-12-6-7-13-23(22)34-24/h1-13,24H,14-18H2. The van der Waals surface area contributed by atoms with E-state index in [9.17, 15) is 4.79 Å². The van der Waals surface area contributed by atoms with Gasteiger partial charge in [-0.25, -0.2) is 0 Å². The van der Waals surface area contributed by atoms with Crippen LogP contribution in [0.25, 0.3) is 5.69 Å². The van der Waals surface area contributed by atoms with E-state index in [0.717, 1.165) is 24.4 Å². The zero-order chi connectivity index (χ0) is 23.6. The van der Waals surface area contributed by atoms with Crippen molar-refractivity contribution >= 4 is 17.7 Å². The quantitative estimate of drug-likeness (QED) is 0.390. The Bertz CT molecular complexity index is 1360. The zero-order valence-corrected chi connectivity index (χ0v) is 19.9. The highest BCUT2D eigenvalue weighted by Gasteiger charge is 2.30. The first-order valence-electron chi connectivity index (χ1n) is 11.6. The molecule has 0 bridgehead atoms. The van der Waals surface area contributed by atoms with Crippen LogP contribution in [0, 0.1) is 0 Å². The maximum atomic E-state index is 13.1. The summed E-state index contributed by atoms with van der Waals surface area (Å²) in [6, 6.07) is 25.8. The van der Waals surface area contributed by atoms with Gasteiger partial charge in [-0.05, 0) is 41.8 Å². The second-order valence-corrected chi connectivity index (χ2v) is 9.44. The van der Waals surface area contributed by atoms with Gasteiger partial charge in [-0.15, -0.1) is 10.2 Å². The number of hydrogen-bond donors (Lipinski definition) is 0. The summed E-state index contributed by atoms with van der Waals surface area (Å²) < 4.78 is 14.1. The first-order valence-corrected chi connectivity index (χ1v) is 12.6. The molecule has 8 heteroatoms. The summed E-state index contributed by atoms with van der Waals surface area (Å²) in [5, 5.41) is 9.57. The first-order chi connectivity index (χ1) is 17.3. The molecule has 2 aliphatic heterocycles. The molecule has 0 aliphatic carbocycles. The predicted molar refractivity (Wildman–Crippen MR) is 133 cm³/mol. The van der Waals surface area contributed by atoms with E-state index in [4.69, 9.17) is 9.47 Å². The molecule has 0 N–H and O–H groups in total. The van der Waals surface area contributed by atoms with Crippen LogP contribution in [0.3, 0.4) is 0 Å². The monoisotopic (exact) mass is 484 g/mol. The Kier molecular flexibility index (Phi) is 5.88. The van der Waals surface area contributed by atoms with Gasteiger partial charge in [0.25, 0.3) is 0 Å². The molecule has 1 unspecified atom stereocenters. The fraction of sp³-hybridized carbons (Fsp3) is 0.222. The van der Waals surface area contributed by atoms with E-state index >= 15 is 0 Å². The van der Waals surface area contributed by atoms with Gasteiger partial charge in [0.05, 0.1) is 5.75 Å². The summed E-state index contributed by atoms with van der Waals surface area (Å²) in [6.45, 7) is 1.72. The fourth-order valence-electron chi connectivity index (χ4n) is 4.48. The number of thioether (sulfide) groups is 1. The topological polar surface area (TPSA) is 69.5 Å². The fourth-order valence-corrected chi connectivity index (χ4v) is 5.34. The van der Waals surface area contributed by atoms with Gasteiger partial charge in [-0.3, -0.25) is 9.36 Å². The Balaban J connectivity index is 1.23. The molecule has 0 radical (unpaired) electrons. The molecule has 0 fully saturated rings. The summed E-state index contributed by atoms with van der Waals surface area (Å²) in [5.41, 5.74) is 3.47. The third-order valence-corrected chi connectivity index (χ3v) is 7.19. The lowest BCUT2D eigenvalue weighted by Crippen LogP contribution is -2.37. The molecule has 0 spiro atoms. The number of para-hydroxylation sites is 3. The third-order valence-electron chi connectivity index (χ3n) is 6.28. The second-order valence-electron chi connectivity index (χ2n) is 8.50. The summed E-state index contributed by atoms with van der Waals surface area (Å²) in [4.78, 5) is 15.0. The van der Waals surface area contributed by atoms with Gasteiger partial charge in [0.1, 0.15) is 6.61 Å². The van der Waals surface area contributed by atoms with Gasteiger partial charge < -0.3 is 14.4 Å². The maximum absolute atomic E-state index is 13.1. The number of nitrogens with zero attached hydrogens (tertiary/aromatic N) is 4. The highest BCUT2D eigenvalue weighted by Crippen LogP contribution is 2.37. The zero-order valence-electron chi connectivity index (χ0n) is 19.0. The molecule has 3 aromatic carbocycles. The summed E-state index contributed by atoms with van der Waals surface area (Å²) in [5.74, 6) is 2.43. The largest absolute Gasteiger partial charge is 0.485 e. The van der Waals surface area contributed by atoms with Crippen LogP contribution in [0.15, 0.2) is 84.0 Å². The molecule has 4 aromatic rings. The first kappa shape index (κ1) is 21.7. The van der Waals surface area contributed by atoms with Crippen molar-refractivity contribution in [2.75, 3.05) is 18.9 Å². The third kappa shape index (κ3) is 4.37. The highest BCUT2D eigenvalue weighted by molar-refractivity contribution is 7.99. The van der Waals surface area contributed by atoms with Gasteiger partial charge in [-0.1, -0.05) is 66.4 Å². The van der Waals surface area contributed by atoms with Crippen molar-refractivity contribution in [2.24, 2.45) is 0 Å². The van der Waals surface area contributed by atoms with Gasteiger partial charge >= 0.3 is 0 Å². The molecule has 0 saturated heterocycles. The molecule has 1 amide bonds. The van der Waals surface area contributed by atoms with Crippen molar-refractivity contribution in [2.45, 2.75) is 24.2 Å². The number of hydrogen-bond acceptors (Lipinski definition) is 6. The minimum Gasteiger partial charge on any atom is -0.485 e. The second kappa shape index (κ2) is 9.46. The Morgan fingerprint density at radius 3 is 2.51 bits per heavy atom. The summed E-state index contributed by atoms with van der Waals surface area (Å²) in [6.07, 6.45) is 0.471. The molecule has 35 heavy (non-hydrogen) atoms. The minimum atomic E-state index is -0.416. The maximum Gasteiger partial charge on any atom is 0.233 e. The number of carbonyl (C=O) groups excluding carboxylic acids is 1. The predicted octanol–water partition coefficient (Wildman–Crippen LogP) is 4.46. The number of ether oxygens (including phenoxy) is 2. The number of rotatable bonds is 5. The lowest BCUT2D eigenvalue weighted by atomic mass is 10.00. The van der Waals surface area contributed by atoms with Gasteiger partial charge in [0.2, 0.25) is 5.91 Å². The molecule has 6 rings (SSSR count). The van der Waals surface area contributed by atoms with E-state index in [2.05, 4.69) is 28.4 Å². The van der Waals surface area contributed by atoms with Crippen molar-refractivity contribution in [3.05, 3.63) is 95.8 Å². The SMILES string of the molecule is O=C(CSc1nnc(C2COc3ccccc3O2)n1-c1ccccc1)N1CCc2ccccc2C1. The lowest BCUT2D eigenvalue weighted by molar-refractivity contribution is -0.129. The highest BCUT2D eigenvalue weighted by atomic mass is 32.2. The number of amides is 1. The van der Waals surface area contributed by atoms with Gasteiger partial charge in [0.15, 0.2) is 28.6 Å². The molecule has 7 nitrogen and oxygen atoms in total. The van der Waals surface area contributed by atoms with Crippen molar-refractivity contribution in [3.8, 4) is 17.2 Å². The Morgan fingerprint density at radius 2 is 1.66 bits per heavy atom. The van der Waals surface area contributed by atoms with Crippen LogP contribution in [0.4, 0.5) is 0 Å². The molecule has 0 saturated carbocycles. The molecule has 3 heterocycles. The van der Waals surface area contributed by atoms with Crippen LogP contribution in [0.1, 0.15) is 23.1 Å². The average molecular weight is 485 g/mol. The van der Waals surface area contributed by atoms with Crippen LogP contribution < -0.4 is 9.47 Å². The van der Waals surface area contributed by atoms with Gasteiger partial charge in [0, 0.05) is 18.8 Å². The normalized spacial score (nSPS) is 16.6. The van der Waals surface area contributed by atoms with Crippen LogP contribution >= 0.6 is 11.8 Å². The summed E-state index contributed by atoms with van der Waals surface area (Å²) >= 11 is 1.40. The van der Waals surface area contributed by atoms with E-state index in [1.165, 1.54) is 22.9 Å². The molecule has 1 aromatic heterocycles. The number of carbonyl (C=O) groups is 1. The van der Waals surface area contributed by atoms with Crippen molar-refractivity contribution in [1.29, 1.82) is 0 Å². The van der Waals surface area contributed by atoms with E-state index in [1.807, 2.05) is 70.1 Å². The Hall–Kier alpha value is -3.78. The Labute approximate surface area is 207 Å². The van der Waals surface area contributed by atoms with Crippen molar-refractivity contribution in [1.82, 2.24) is 19.7 Å². The average Bonchev–Trinajstić information content (AvgIpc) is 3.35. The van der Waals surface area contributed by atoms with E-state index in [-0.39, 0.29) is 11.7 Å². The molecule has 176 valence electrons. The lowest BCUT2D eigenvalue weighted by Gasteiger charge is -2.28. The van der Waals surface area contributed by atoms with Crippen LogP contribution in [0.5, 0.6) is 11.5 Å². The Morgan fingerprint density at radius 1 is 0.914 bits per heavy atom. The molecule has 1 atom stereocenters. The summed E-state index contributed by atoms with van der Waals surface area (Å²) in [7, 11) is 0. The molecule has 2 aliphatic rings. The van der Waals surface area contributed by atoms with Crippen LogP contribution in [0.2, 0.25) is 0 Å². The molecular formula is C27H24N4O3S. The molecular weight excluding hydrogens is 460 g/mol. The van der Waals surface area contributed by atoms with E-state index in [1.54, 1.807) is 0 Å². The minimum absolute atomic E-state index is 0.0971. The van der Waals surface area contributed by atoms with Crippen molar-refractivity contribution < 1.29 is 14.3 Å². The van der Waals surface area contributed by atoms with E-state index in [0.29, 0.717) is 29.9 Å². The van der Waals surface area contributed by atoms with Gasteiger partial charge in [-0.2, -0.15) is 0 Å². The van der Waals surface area contributed by atoms with Crippen molar-refractivity contribution in [3.63, 3.8) is 0 Å². The smallest absolute Gasteiger partial charge is 0.233 e. The number of fused-ring (bicyclic) bond motifs is 2.